The van der Waals surface area contributed by atoms with Crippen molar-refractivity contribution in [3.05, 3.63) is 41.2 Å². The molecule has 0 saturated carbocycles. The molecule has 1 saturated heterocycles. The van der Waals surface area contributed by atoms with Crippen LogP contribution in [0.15, 0.2) is 24.3 Å². The molecule has 8 nitrogen and oxygen atoms in total. The Morgan fingerprint density at radius 1 is 1.39 bits per heavy atom. The summed E-state index contributed by atoms with van der Waals surface area (Å²) in [5, 5.41) is 5.69. The van der Waals surface area contributed by atoms with Gasteiger partial charge in [0.1, 0.15) is 17.7 Å². The topological polar surface area (TPSA) is 110 Å². The van der Waals surface area contributed by atoms with Crippen LogP contribution in [0.1, 0.15) is 28.8 Å². The fraction of sp³-hybridized carbons (Fsp3) is 0.316. The van der Waals surface area contributed by atoms with Gasteiger partial charge < -0.3 is 26.0 Å². The second-order valence-corrected chi connectivity index (χ2v) is 6.55. The number of hydrogen-bond acceptors (Lipinski definition) is 6. The highest BCUT2D eigenvalue weighted by Crippen LogP contribution is 2.31. The Morgan fingerprint density at radius 2 is 2.18 bits per heavy atom. The van der Waals surface area contributed by atoms with Crippen molar-refractivity contribution in [1.82, 2.24) is 10.3 Å². The van der Waals surface area contributed by atoms with E-state index in [1.807, 2.05) is 19.1 Å². The molecule has 1 unspecified atom stereocenters. The molecule has 3 rings (SSSR count). The molecular weight excluding hydrogens is 365 g/mol. The lowest BCUT2D eigenvalue weighted by Crippen LogP contribution is -2.41. The number of aromatic nitrogens is 1. The van der Waals surface area contributed by atoms with E-state index in [1.54, 1.807) is 18.1 Å². The average Bonchev–Trinajstić information content (AvgIpc) is 3.10. The molecule has 1 aromatic heterocycles. The minimum absolute atomic E-state index is 0.0453. The smallest absolute Gasteiger partial charge is 0.252 e. The van der Waals surface area contributed by atoms with Crippen LogP contribution in [0.25, 0.3) is 0 Å². The number of halogens is 1. The molecule has 28 heavy (non-hydrogen) atoms. The number of primary amides is 1. The second kappa shape index (κ2) is 8.12. The molecule has 1 aliphatic rings. The van der Waals surface area contributed by atoms with Gasteiger partial charge in [0.15, 0.2) is 11.6 Å². The Labute approximate surface area is 161 Å². The highest BCUT2D eigenvalue weighted by molar-refractivity contribution is 5.98. The number of ether oxygens (including phenoxy) is 1. The lowest BCUT2D eigenvalue weighted by atomic mass is 10.2. The molecule has 1 fully saturated rings. The third-order valence-corrected chi connectivity index (χ3v) is 4.56. The Bertz CT molecular complexity index is 905. The zero-order valence-electron chi connectivity index (χ0n) is 15.7. The zero-order chi connectivity index (χ0) is 20.3. The molecule has 0 spiro atoms. The summed E-state index contributed by atoms with van der Waals surface area (Å²) in [6, 6.07) is 6.49. The Hall–Kier alpha value is -3.36. The fourth-order valence-electron chi connectivity index (χ4n) is 3.31. The van der Waals surface area contributed by atoms with E-state index in [0.29, 0.717) is 30.8 Å². The van der Waals surface area contributed by atoms with Gasteiger partial charge in [0.25, 0.3) is 5.91 Å². The van der Waals surface area contributed by atoms with Crippen LogP contribution in [0.4, 0.5) is 21.7 Å². The van der Waals surface area contributed by atoms with Crippen LogP contribution in [-0.4, -0.2) is 37.1 Å². The minimum Gasteiger partial charge on any atom is -0.497 e. The molecule has 0 bridgehead atoms. The zero-order valence-corrected chi connectivity index (χ0v) is 15.7. The van der Waals surface area contributed by atoms with Crippen LogP contribution in [0.5, 0.6) is 5.75 Å². The van der Waals surface area contributed by atoms with Gasteiger partial charge in [-0.2, -0.15) is 0 Å². The quantitative estimate of drug-likeness (QED) is 0.628. The Morgan fingerprint density at radius 3 is 2.86 bits per heavy atom. The molecule has 0 aliphatic carbocycles. The summed E-state index contributed by atoms with van der Waals surface area (Å²) in [5.74, 6) is -0.678. The van der Waals surface area contributed by atoms with Crippen LogP contribution < -0.4 is 26.0 Å². The van der Waals surface area contributed by atoms with Gasteiger partial charge in [0.2, 0.25) is 6.41 Å². The SMILES string of the molecule is COc1cc(C)cc(Nc2nc(N3CCCC3NC=O)c(F)cc2C(N)=O)c1. The van der Waals surface area contributed by atoms with Crippen molar-refractivity contribution in [2.24, 2.45) is 5.73 Å². The van der Waals surface area contributed by atoms with Crippen molar-refractivity contribution >= 4 is 29.6 Å². The first-order valence-electron chi connectivity index (χ1n) is 8.82. The number of nitrogens with zero attached hydrogens (tertiary/aromatic N) is 2. The van der Waals surface area contributed by atoms with Crippen LogP contribution in [-0.2, 0) is 4.79 Å². The van der Waals surface area contributed by atoms with E-state index in [0.717, 1.165) is 18.1 Å². The van der Waals surface area contributed by atoms with E-state index >= 15 is 0 Å². The first-order chi connectivity index (χ1) is 13.4. The molecule has 2 amide bonds. The van der Waals surface area contributed by atoms with Crippen molar-refractivity contribution in [2.45, 2.75) is 25.9 Å². The molecule has 1 atom stereocenters. The summed E-state index contributed by atoms with van der Waals surface area (Å²) in [6.45, 7) is 2.43. The predicted octanol–water partition coefficient (Wildman–Crippen LogP) is 2.05. The molecular formula is C19H22FN5O3. The number of anilines is 3. The number of rotatable bonds is 7. The van der Waals surface area contributed by atoms with Gasteiger partial charge in [-0.25, -0.2) is 9.37 Å². The van der Waals surface area contributed by atoms with Crippen LogP contribution >= 0.6 is 0 Å². The lowest BCUT2D eigenvalue weighted by molar-refractivity contribution is -0.110. The fourth-order valence-corrected chi connectivity index (χ4v) is 3.31. The number of pyridine rings is 1. The van der Waals surface area contributed by atoms with Crippen molar-refractivity contribution in [2.75, 3.05) is 23.9 Å². The number of carbonyl (C=O) groups excluding carboxylic acids is 2. The minimum atomic E-state index is -0.802. The monoisotopic (exact) mass is 387 g/mol. The molecule has 148 valence electrons. The van der Waals surface area contributed by atoms with Gasteiger partial charge in [-0.15, -0.1) is 0 Å². The van der Waals surface area contributed by atoms with E-state index < -0.39 is 11.7 Å². The van der Waals surface area contributed by atoms with Gasteiger partial charge in [-0.05, 0) is 43.5 Å². The van der Waals surface area contributed by atoms with E-state index in [2.05, 4.69) is 15.6 Å². The maximum absolute atomic E-state index is 14.7. The molecule has 2 aromatic rings. The van der Waals surface area contributed by atoms with Crippen molar-refractivity contribution in [1.29, 1.82) is 0 Å². The summed E-state index contributed by atoms with van der Waals surface area (Å²) < 4.78 is 20.0. The van der Waals surface area contributed by atoms with Gasteiger partial charge in [-0.1, -0.05) is 0 Å². The first kappa shape index (κ1) is 19.4. The number of methoxy groups -OCH3 is 1. The molecule has 2 heterocycles. The van der Waals surface area contributed by atoms with E-state index in [1.165, 1.54) is 0 Å². The maximum Gasteiger partial charge on any atom is 0.252 e. The molecule has 1 aromatic carbocycles. The summed E-state index contributed by atoms with van der Waals surface area (Å²) in [4.78, 5) is 28.7. The summed E-state index contributed by atoms with van der Waals surface area (Å²) in [6.07, 6.45) is 1.68. The Kier molecular flexibility index (Phi) is 5.62. The third kappa shape index (κ3) is 3.98. The van der Waals surface area contributed by atoms with Crippen LogP contribution in [0.3, 0.4) is 0 Å². The van der Waals surface area contributed by atoms with Crippen molar-refractivity contribution < 1.29 is 18.7 Å². The van der Waals surface area contributed by atoms with E-state index in [4.69, 9.17) is 10.5 Å². The number of nitrogens with two attached hydrogens (primary N) is 1. The van der Waals surface area contributed by atoms with Gasteiger partial charge in [-0.3, -0.25) is 9.59 Å². The largest absolute Gasteiger partial charge is 0.497 e. The summed E-state index contributed by atoms with van der Waals surface area (Å²) >= 11 is 0. The maximum atomic E-state index is 14.7. The Balaban J connectivity index is 2.03. The second-order valence-electron chi connectivity index (χ2n) is 6.55. The number of nitrogens with one attached hydrogen (secondary N) is 2. The number of amides is 2. The van der Waals surface area contributed by atoms with Crippen LogP contribution in [0.2, 0.25) is 0 Å². The number of aryl methyl sites for hydroxylation is 1. The molecule has 4 N–H and O–H groups in total. The standard InChI is InChI=1S/C19H22FN5O3/c1-11-6-12(8-13(7-11)28-2)23-18-14(17(21)27)9-15(20)19(24-18)25-5-3-4-16(25)22-10-26/h6-10,16H,3-5H2,1-2H3,(H2,21,27)(H,22,26)(H,23,24). The normalized spacial score (nSPS) is 16.0. The van der Waals surface area contributed by atoms with E-state index in [9.17, 15) is 14.0 Å². The highest BCUT2D eigenvalue weighted by atomic mass is 19.1. The number of benzene rings is 1. The van der Waals surface area contributed by atoms with Gasteiger partial charge in [0.05, 0.1) is 12.7 Å². The van der Waals surface area contributed by atoms with Gasteiger partial charge in [0, 0.05) is 18.3 Å². The number of hydrogen-bond donors (Lipinski definition) is 3. The lowest BCUT2D eigenvalue weighted by Gasteiger charge is -2.26. The predicted molar refractivity (Wildman–Crippen MR) is 103 cm³/mol. The van der Waals surface area contributed by atoms with Crippen molar-refractivity contribution in [3.63, 3.8) is 0 Å². The first-order valence-corrected chi connectivity index (χ1v) is 8.82. The highest BCUT2D eigenvalue weighted by Gasteiger charge is 2.29. The molecule has 1 aliphatic heterocycles. The number of carbonyl (C=O) groups is 2. The van der Waals surface area contributed by atoms with Crippen molar-refractivity contribution in [3.8, 4) is 5.75 Å². The van der Waals surface area contributed by atoms with Gasteiger partial charge >= 0.3 is 0 Å². The molecule has 0 radical (unpaired) electrons. The third-order valence-electron chi connectivity index (χ3n) is 4.56. The summed E-state index contributed by atoms with van der Waals surface area (Å²) in [5.41, 5.74) is 6.90. The van der Waals surface area contributed by atoms with E-state index in [-0.39, 0.29) is 23.4 Å². The average molecular weight is 387 g/mol. The van der Waals surface area contributed by atoms with Crippen LogP contribution in [0, 0.1) is 12.7 Å². The molecule has 9 heteroatoms. The summed E-state index contributed by atoms with van der Waals surface area (Å²) in [7, 11) is 1.55.